The lowest BCUT2D eigenvalue weighted by Crippen LogP contribution is -2.35. The molecule has 0 saturated carbocycles. The van der Waals surface area contributed by atoms with Crippen LogP contribution >= 0.6 is 0 Å². The summed E-state index contributed by atoms with van der Waals surface area (Å²) >= 11 is 0. The number of carbonyl (C=O) groups is 2. The van der Waals surface area contributed by atoms with E-state index in [0.29, 0.717) is 6.54 Å². The highest BCUT2D eigenvalue weighted by Gasteiger charge is 2.28. The van der Waals surface area contributed by atoms with Gasteiger partial charge in [-0.3, -0.25) is 14.9 Å². The van der Waals surface area contributed by atoms with E-state index in [1.807, 2.05) is 6.92 Å². The number of carbonyl (C=O) groups excluding carboxylic acids is 2. The average molecular weight is 142 g/mol. The van der Waals surface area contributed by atoms with Gasteiger partial charge in [-0.1, -0.05) is 6.92 Å². The van der Waals surface area contributed by atoms with Crippen LogP contribution in [0.4, 0.5) is 0 Å². The van der Waals surface area contributed by atoms with E-state index < -0.39 is 0 Å². The smallest absolute Gasteiger partial charge is 0.244 e. The van der Waals surface area contributed by atoms with E-state index in [1.54, 1.807) is 0 Å². The summed E-state index contributed by atoms with van der Waals surface area (Å²) in [5, 5.41) is 5.10. The summed E-state index contributed by atoms with van der Waals surface area (Å²) in [6.07, 6.45) is 0.284. The lowest BCUT2D eigenvalue weighted by Gasteiger charge is -2.03. The molecule has 0 unspecified atom stereocenters. The summed E-state index contributed by atoms with van der Waals surface area (Å²) in [6.45, 7) is 2.61. The van der Waals surface area contributed by atoms with E-state index in [0.717, 1.165) is 0 Å². The maximum atomic E-state index is 10.8. The zero-order chi connectivity index (χ0) is 7.56. The quantitative estimate of drug-likeness (QED) is 0.487. The molecule has 56 valence electrons. The Hall–Kier alpha value is -0.900. The summed E-state index contributed by atoms with van der Waals surface area (Å²) in [5.41, 5.74) is 0. The average Bonchev–Trinajstić information content (AvgIpc) is 2.13. The number of imide groups is 1. The number of likely N-dealkylation sites (N-methyl/N-ethyl adjacent to an activating group) is 1. The highest BCUT2D eigenvalue weighted by atomic mass is 16.2. The van der Waals surface area contributed by atoms with Gasteiger partial charge in [0.25, 0.3) is 0 Å². The molecule has 2 amide bonds. The fraction of sp³-hybridized carbons (Fsp3) is 0.667. The Morgan fingerprint density at radius 1 is 1.70 bits per heavy atom. The van der Waals surface area contributed by atoms with Gasteiger partial charge in [0.1, 0.15) is 0 Å². The van der Waals surface area contributed by atoms with Crippen LogP contribution in [0.2, 0.25) is 0 Å². The van der Waals surface area contributed by atoms with Gasteiger partial charge < -0.3 is 5.32 Å². The Bertz CT molecular complexity index is 167. The first kappa shape index (κ1) is 7.21. The molecule has 0 aromatic rings. The van der Waals surface area contributed by atoms with Crippen molar-refractivity contribution < 1.29 is 9.59 Å². The maximum absolute atomic E-state index is 10.8. The van der Waals surface area contributed by atoms with Crippen molar-refractivity contribution in [3.63, 3.8) is 0 Å². The Labute approximate surface area is 59.0 Å². The van der Waals surface area contributed by atoms with E-state index in [9.17, 15) is 9.59 Å². The number of amides is 2. The summed E-state index contributed by atoms with van der Waals surface area (Å²) in [4.78, 5) is 21.3. The second-order valence-corrected chi connectivity index (χ2v) is 2.23. The van der Waals surface area contributed by atoms with Gasteiger partial charge in [0, 0.05) is 0 Å². The van der Waals surface area contributed by atoms with Crippen molar-refractivity contribution in [2.24, 2.45) is 0 Å². The minimum Gasteiger partial charge on any atom is -0.306 e. The number of nitrogens with one attached hydrogen (secondary N) is 2. The Morgan fingerprint density at radius 2 is 2.40 bits per heavy atom. The van der Waals surface area contributed by atoms with Gasteiger partial charge in [0.05, 0.1) is 12.5 Å². The van der Waals surface area contributed by atoms with Crippen molar-refractivity contribution >= 4 is 11.8 Å². The molecule has 4 heteroatoms. The van der Waals surface area contributed by atoms with Crippen molar-refractivity contribution in [1.82, 2.24) is 10.6 Å². The second-order valence-electron chi connectivity index (χ2n) is 2.23. The molecule has 1 atom stereocenters. The monoisotopic (exact) mass is 142 g/mol. The van der Waals surface area contributed by atoms with Crippen LogP contribution in [0.3, 0.4) is 0 Å². The first-order valence-corrected chi connectivity index (χ1v) is 3.31. The molecule has 1 aliphatic rings. The van der Waals surface area contributed by atoms with Gasteiger partial charge in [-0.25, -0.2) is 0 Å². The molecule has 0 radical (unpaired) electrons. The summed E-state index contributed by atoms with van der Waals surface area (Å²) in [5.74, 6) is -0.386. The number of hydrogen-bond donors (Lipinski definition) is 2. The SMILES string of the molecule is CCN[C@H]1CC(=O)NC1=O. The standard InChI is InChI=1S/C6H10N2O2/c1-2-7-4-3-5(9)8-6(4)10/h4,7H,2-3H2,1H3,(H,8,9,10)/t4-/m0/s1. The van der Waals surface area contributed by atoms with E-state index in [-0.39, 0.29) is 24.3 Å². The molecule has 1 heterocycles. The summed E-state index contributed by atoms with van der Waals surface area (Å²) in [7, 11) is 0. The first-order valence-electron chi connectivity index (χ1n) is 3.31. The second kappa shape index (κ2) is 2.79. The molecule has 2 N–H and O–H groups in total. The number of rotatable bonds is 2. The minimum absolute atomic E-state index is 0.184. The molecule has 1 saturated heterocycles. The molecule has 1 rings (SSSR count). The van der Waals surface area contributed by atoms with Crippen molar-refractivity contribution in [3.8, 4) is 0 Å². The van der Waals surface area contributed by atoms with Crippen LogP contribution in [-0.2, 0) is 9.59 Å². The predicted molar refractivity (Wildman–Crippen MR) is 35.2 cm³/mol. The van der Waals surface area contributed by atoms with Crippen LogP contribution in [0.15, 0.2) is 0 Å². The molecule has 0 spiro atoms. The summed E-state index contributed by atoms with van der Waals surface area (Å²) < 4.78 is 0. The third-order valence-corrected chi connectivity index (χ3v) is 1.42. The minimum atomic E-state index is -0.294. The normalized spacial score (nSPS) is 25.1. The van der Waals surface area contributed by atoms with E-state index in [2.05, 4.69) is 10.6 Å². The molecule has 0 aromatic carbocycles. The zero-order valence-corrected chi connectivity index (χ0v) is 5.81. The van der Waals surface area contributed by atoms with Gasteiger partial charge in [0.2, 0.25) is 11.8 Å². The molecular formula is C6H10N2O2. The van der Waals surface area contributed by atoms with E-state index in [1.165, 1.54) is 0 Å². The highest BCUT2D eigenvalue weighted by Crippen LogP contribution is 1.99. The van der Waals surface area contributed by atoms with Crippen molar-refractivity contribution in [2.45, 2.75) is 19.4 Å². The van der Waals surface area contributed by atoms with Crippen LogP contribution in [-0.4, -0.2) is 24.4 Å². The Morgan fingerprint density at radius 3 is 2.80 bits per heavy atom. The van der Waals surface area contributed by atoms with Gasteiger partial charge in [0.15, 0.2) is 0 Å². The van der Waals surface area contributed by atoms with Crippen LogP contribution in [0.25, 0.3) is 0 Å². The lowest BCUT2D eigenvalue weighted by molar-refractivity contribution is -0.125. The Balaban J connectivity index is 2.46. The van der Waals surface area contributed by atoms with Crippen molar-refractivity contribution in [2.75, 3.05) is 6.54 Å². The first-order chi connectivity index (χ1) is 4.74. The third kappa shape index (κ3) is 1.33. The lowest BCUT2D eigenvalue weighted by atomic mass is 10.2. The third-order valence-electron chi connectivity index (χ3n) is 1.42. The predicted octanol–water partition coefficient (Wildman–Crippen LogP) is -0.989. The molecule has 0 bridgehead atoms. The fourth-order valence-electron chi connectivity index (χ4n) is 0.965. The summed E-state index contributed by atoms with van der Waals surface area (Å²) in [6, 6.07) is -0.294. The van der Waals surface area contributed by atoms with E-state index >= 15 is 0 Å². The van der Waals surface area contributed by atoms with Crippen LogP contribution < -0.4 is 10.6 Å². The topological polar surface area (TPSA) is 58.2 Å². The molecular weight excluding hydrogens is 132 g/mol. The van der Waals surface area contributed by atoms with Gasteiger partial charge in [-0.05, 0) is 6.54 Å². The van der Waals surface area contributed by atoms with Gasteiger partial charge in [-0.2, -0.15) is 0 Å². The molecule has 1 fully saturated rings. The number of hydrogen-bond acceptors (Lipinski definition) is 3. The van der Waals surface area contributed by atoms with Gasteiger partial charge >= 0.3 is 0 Å². The highest BCUT2D eigenvalue weighted by molar-refractivity contribution is 6.05. The molecule has 1 aliphatic heterocycles. The van der Waals surface area contributed by atoms with E-state index in [4.69, 9.17) is 0 Å². The molecule has 0 aliphatic carbocycles. The largest absolute Gasteiger partial charge is 0.306 e. The molecule has 4 nitrogen and oxygen atoms in total. The zero-order valence-electron chi connectivity index (χ0n) is 5.81. The van der Waals surface area contributed by atoms with Crippen LogP contribution in [0.1, 0.15) is 13.3 Å². The molecule has 10 heavy (non-hydrogen) atoms. The van der Waals surface area contributed by atoms with Gasteiger partial charge in [-0.15, -0.1) is 0 Å². The van der Waals surface area contributed by atoms with Crippen molar-refractivity contribution in [3.05, 3.63) is 0 Å². The van der Waals surface area contributed by atoms with Crippen molar-refractivity contribution in [1.29, 1.82) is 0 Å². The maximum Gasteiger partial charge on any atom is 0.244 e. The van der Waals surface area contributed by atoms with Crippen LogP contribution in [0, 0.1) is 0 Å². The molecule has 0 aromatic heterocycles. The Kier molecular flexibility index (Phi) is 2.01. The van der Waals surface area contributed by atoms with Crippen LogP contribution in [0.5, 0.6) is 0 Å². The fourth-order valence-corrected chi connectivity index (χ4v) is 0.965.